The molecule has 0 aliphatic carbocycles. The number of thioether (sulfide) groups is 1. The number of fused-ring (bicyclic) bond motifs is 1. The van der Waals surface area contributed by atoms with Crippen LogP contribution in [0.25, 0.3) is 5.78 Å². The highest BCUT2D eigenvalue weighted by molar-refractivity contribution is 7.98. The molecule has 0 atom stereocenters. The fourth-order valence-corrected chi connectivity index (χ4v) is 3.37. The second-order valence-electron chi connectivity index (χ2n) is 6.58. The molecule has 28 heavy (non-hydrogen) atoms. The molecule has 7 nitrogen and oxygen atoms in total. The molecule has 8 heteroatoms. The lowest BCUT2D eigenvalue weighted by atomic mass is 10.1. The minimum absolute atomic E-state index is 0.0337. The lowest BCUT2D eigenvalue weighted by molar-refractivity contribution is -0.129. The molecule has 1 aromatic carbocycles. The maximum Gasteiger partial charge on any atom is 0.253 e. The van der Waals surface area contributed by atoms with Crippen LogP contribution in [0.1, 0.15) is 29.4 Å². The number of carbonyl (C=O) groups excluding carboxylic acids is 1. The third-order valence-corrected chi connectivity index (χ3v) is 5.16. The Balaban J connectivity index is 1.74. The summed E-state index contributed by atoms with van der Waals surface area (Å²) in [5, 5.41) is 5.12. The average molecular weight is 400 g/mol. The zero-order valence-corrected chi connectivity index (χ0v) is 17.7. The first-order valence-electron chi connectivity index (χ1n) is 9.15. The largest absolute Gasteiger partial charge is 0.494 e. The second-order valence-corrected chi connectivity index (χ2v) is 7.35. The number of nitrogens with zero attached hydrogens (tertiary/aromatic N) is 5. The molecule has 0 aliphatic rings. The number of amides is 1. The average Bonchev–Trinajstić information content (AvgIpc) is 3.10. The third-order valence-electron chi connectivity index (χ3n) is 4.62. The van der Waals surface area contributed by atoms with E-state index in [2.05, 4.69) is 15.1 Å². The van der Waals surface area contributed by atoms with E-state index in [1.54, 1.807) is 9.42 Å². The van der Waals surface area contributed by atoms with Gasteiger partial charge in [-0.3, -0.25) is 4.79 Å². The van der Waals surface area contributed by atoms with Crippen LogP contribution in [0.15, 0.2) is 29.4 Å². The van der Waals surface area contributed by atoms with E-state index >= 15 is 0 Å². The van der Waals surface area contributed by atoms with Crippen molar-refractivity contribution in [2.75, 3.05) is 19.9 Å². The van der Waals surface area contributed by atoms with Gasteiger partial charge in [0.15, 0.2) is 0 Å². The van der Waals surface area contributed by atoms with Crippen LogP contribution in [0, 0.1) is 13.8 Å². The van der Waals surface area contributed by atoms with Gasteiger partial charge in [0.1, 0.15) is 5.75 Å². The van der Waals surface area contributed by atoms with Gasteiger partial charge >= 0.3 is 0 Å². The minimum atomic E-state index is 0.0337. The SMILES string of the molecule is CCOc1ccc(CN(C)C(=O)Cc2c(C)nc3nc(SC)nn3c2C)cc1. The normalized spacial score (nSPS) is 11.0. The zero-order valence-electron chi connectivity index (χ0n) is 16.9. The Bertz CT molecular complexity index is 984. The smallest absolute Gasteiger partial charge is 0.253 e. The van der Waals surface area contributed by atoms with Crippen molar-refractivity contribution < 1.29 is 9.53 Å². The Morgan fingerprint density at radius 3 is 2.57 bits per heavy atom. The number of likely N-dealkylation sites (N-methyl/N-ethyl adjacent to an activating group) is 1. The van der Waals surface area contributed by atoms with Gasteiger partial charge in [-0.1, -0.05) is 23.9 Å². The molecule has 2 heterocycles. The molecule has 2 aromatic heterocycles. The first kappa shape index (κ1) is 20.1. The Morgan fingerprint density at radius 1 is 1.21 bits per heavy atom. The van der Waals surface area contributed by atoms with Gasteiger partial charge in [0.05, 0.1) is 13.0 Å². The molecule has 3 rings (SSSR count). The van der Waals surface area contributed by atoms with Crippen LogP contribution in [-0.2, 0) is 17.8 Å². The molecule has 0 fully saturated rings. The van der Waals surface area contributed by atoms with Crippen LogP contribution in [0.2, 0.25) is 0 Å². The van der Waals surface area contributed by atoms with E-state index < -0.39 is 0 Å². The van der Waals surface area contributed by atoms with Crippen molar-refractivity contribution in [2.24, 2.45) is 0 Å². The number of ether oxygens (including phenoxy) is 1. The number of aromatic nitrogens is 4. The lowest BCUT2D eigenvalue weighted by Crippen LogP contribution is -2.28. The van der Waals surface area contributed by atoms with E-state index in [9.17, 15) is 4.79 Å². The zero-order chi connectivity index (χ0) is 20.3. The summed E-state index contributed by atoms with van der Waals surface area (Å²) in [6.07, 6.45) is 2.21. The second kappa shape index (κ2) is 8.60. The Kier molecular flexibility index (Phi) is 6.18. The van der Waals surface area contributed by atoms with Gasteiger partial charge in [-0.2, -0.15) is 4.98 Å². The number of aryl methyl sites for hydroxylation is 2. The van der Waals surface area contributed by atoms with Crippen LogP contribution in [0.3, 0.4) is 0 Å². The van der Waals surface area contributed by atoms with E-state index in [1.165, 1.54) is 11.8 Å². The van der Waals surface area contributed by atoms with Crippen LogP contribution >= 0.6 is 11.8 Å². The molecule has 3 aromatic rings. The van der Waals surface area contributed by atoms with Crippen LogP contribution in [-0.4, -0.2) is 50.3 Å². The lowest BCUT2D eigenvalue weighted by Gasteiger charge is -2.19. The topological polar surface area (TPSA) is 72.6 Å². The van der Waals surface area contributed by atoms with Crippen molar-refractivity contribution in [3.63, 3.8) is 0 Å². The molecule has 0 bridgehead atoms. The predicted molar refractivity (Wildman–Crippen MR) is 110 cm³/mol. The minimum Gasteiger partial charge on any atom is -0.494 e. The molecule has 0 radical (unpaired) electrons. The Hall–Kier alpha value is -2.61. The molecular formula is C20H25N5O2S. The summed E-state index contributed by atoms with van der Waals surface area (Å²) in [7, 11) is 1.82. The third kappa shape index (κ3) is 4.27. The number of rotatable bonds is 7. The molecule has 0 N–H and O–H groups in total. The summed E-state index contributed by atoms with van der Waals surface area (Å²) < 4.78 is 7.18. The predicted octanol–water partition coefficient (Wildman–Crippen LogP) is 3.06. The highest BCUT2D eigenvalue weighted by Gasteiger charge is 2.18. The van der Waals surface area contributed by atoms with Gasteiger partial charge in [-0.25, -0.2) is 9.50 Å². The van der Waals surface area contributed by atoms with Crippen molar-refractivity contribution in [1.29, 1.82) is 0 Å². The fourth-order valence-electron chi connectivity index (χ4n) is 3.04. The highest BCUT2D eigenvalue weighted by Crippen LogP contribution is 2.18. The van der Waals surface area contributed by atoms with Crippen molar-refractivity contribution in [2.45, 2.75) is 38.9 Å². The molecule has 0 spiro atoms. The molecule has 148 valence electrons. The van der Waals surface area contributed by atoms with E-state index in [0.717, 1.165) is 28.3 Å². The number of benzene rings is 1. The van der Waals surface area contributed by atoms with Gasteiger partial charge in [0.25, 0.3) is 5.78 Å². The Morgan fingerprint density at radius 2 is 1.93 bits per heavy atom. The van der Waals surface area contributed by atoms with Crippen LogP contribution in [0.4, 0.5) is 0 Å². The molecule has 0 unspecified atom stereocenters. The molecule has 1 amide bonds. The van der Waals surface area contributed by atoms with Crippen molar-refractivity contribution in [3.05, 3.63) is 46.8 Å². The van der Waals surface area contributed by atoms with Gasteiger partial charge in [0.2, 0.25) is 11.1 Å². The van der Waals surface area contributed by atoms with E-state index in [0.29, 0.717) is 24.1 Å². The van der Waals surface area contributed by atoms with Crippen LogP contribution < -0.4 is 4.74 Å². The summed E-state index contributed by atoms with van der Waals surface area (Å²) in [6.45, 7) is 7.00. The fraction of sp³-hybridized carbons (Fsp3) is 0.400. The van der Waals surface area contributed by atoms with Gasteiger partial charge < -0.3 is 9.64 Å². The van der Waals surface area contributed by atoms with Crippen LogP contribution in [0.5, 0.6) is 5.75 Å². The summed E-state index contributed by atoms with van der Waals surface area (Å²) >= 11 is 1.47. The monoisotopic (exact) mass is 399 g/mol. The summed E-state index contributed by atoms with van der Waals surface area (Å²) in [4.78, 5) is 23.4. The van der Waals surface area contributed by atoms with E-state index in [4.69, 9.17) is 4.74 Å². The van der Waals surface area contributed by atoms with Crippen molar-refractivity contribution >= 4 is 23.4 Å². The molecule has 0 saturated carbocycles. The summed E-state index contributed by atoms with van der Waals surface area (Å²) in [5.41, 5.74) is 3.67. The molecule has 0 saturated heterocycles. The quantitative estimate of drug-likeness (QED) is 0.569. The van der Waals surface area contributed by atoms with Crippen molar-refractivity contribution in [3.8, 4) is 5.75 Å². The van der Waals surface area contributed by atoms with Gasteiger partial charge in [-0.15, -0.1) is 5.10 Å². The first-order valence-corrected chi connectivity index (χ1v) is 10.4. The molecular weight excluding hydrogens is 374 g/mol. The van der Waals surface area contributed by atoms with E-state index in [-0.39, 0.29) is 12.3 Å². The number of carbonyl (C=O) groups is 1. The standard InChI is InChI=1S/C20H25N5O2S/c1-6-27-16-9-7-15(8-10-16)12-24(4)18(26)11-17-13(2)21-19-22-20(28-5)23-25(19)14(17)3/h7-10H,6,11-12H2,1-5H3. The number of hydrogen-bond acceptors (Lipinski definition) is 6. The number of hydrogen-bond donors (Lipinski definition) is 0. The first-order chi connectivity index (χ1) is 13.4. The molecule has 0 aliphatic heterocycles. The summed E-state index contributed by atoms with van der Waals surface area (Å²) in [5.74, 6) is 1.44. The van der Waals surface area contributed by atoms with Gasteiger partial charge in [0, 0.05) is 30.5 Å². The maximum absolute atomic E-state index is 12.8. The Labute approximate surface area is 169 Å². The maximum atomic E-state index is 12.8. The summed E-state index contributed by atoms with van der Waals surface area (Å²) in [6, 6.07) is 7.82. The highest BCUT2D eigenvalue weighted by atomic mass is 32.2. The van der Waals surface area contributed by atoms with E-state index in [1.807, 2.05) is 58.3 Å². The van der Waals surface area contributed by atoms with Crippen molar-refractivity contribution in [1.82, 2.24) is 24.5 Å². The van der Waals surface area contributed by atoms with Gasteiger partial charge in [-0.05, 0) is 44.7 Å².